The summed E-state index contributed by atoms with van der Waals surface area (Å²) in [5.41, 5.74) is 0. The number of rotatable bonds is 10. The summed E-state index contributed by atoms with van der Waals surface area (Å²) < 4.78 is 0. The Hall–Kier alpha value is -1.06. The molecule has 0 aliphatic heterocycles. The molecule has 1 fully saturated rings. The SMILES string of the molecule is CCCCCCCC1CCC(C(=O)NC(C(=O)O)C(C)C)CC1. The normalized spacial score (nSPS) is 22.8. The van der Waals surface area contributed by atoms with E-state index in [1.54, 1.807) is 0 Å². The van der Waals surface area contributed by atoms with Crippen LogP contribution in [0, 0.1) is 17.8 Å². The van der Waals surface area contributed by atoms with E-state index in [-0.39, 0.29) is 17.7 Å². The summed E-state index contributed by atoms with van der Waals surface area (Å²) in [4.78, 5) is 23.5. The standard InChI is InChI=1S/C19H35NO3/c1-4-5-6-7-8-9-15-10-12-16(13-11-15)18(21)20-17(14(2)3)19(22)23/h14-17H,4-13H2,1-3H3,(H,20,21)(H,22,23). The van der Waals surface area contributed by atoms with Gasteiger partial charge < -0.3 is 10.4 Å². The molecular weight excluding hydrogens is 290 g/mol. The molecule has 1 unspecified atom stereocenters. The predicted octanol–water partition coefficient (Wildman–Crippen LogP) is 4.38. The molecule has 4 heteroatoms. The molecule has 4 nitrogen and oxygen atoms in total. The van der Waals surface area contributed by atoms with Crippen molar-refractivity contribution in [3.05, 3.63) is 0 Å². The summed E-state index contributed by atoms with van der Waals surface area (Å²) in [6.45, 7) is 5.89. The number of hydrogen-bond donors (Lipinski definition) is 2. The van der Waals surface area contributed by atoms with Crippen LogP contribution in [-0.2, 0) is 9.59 Å². The van der Waals surface area contributed by atoms with Crippen LogP contribution < -0.4 is 5.32 Å². The van der Waals surface area contributed by atoms with Crippen molar-refractivity contribution in [2.75, 3.05) is 0 Å². The highest BCUT2D eigenvalue weighted by atomic mass is 16.4. The third kappa shape index (κ3) is 7.36. The fraction of sp³-hybridized carbons (Fsp3) is 0.895. The molecular formula is C19H35NO3. The minimum Gasteiger partial charge on any atom is -0.480 e. The molecule has 1 rings (SSSR count). The van der Waals surface area contributed by atoms with Gasteiger partial charge in [-0.2, -0.15) is 0 Å². The summed E-state index contributed by atoms with van der Waals surface area (Å²) in [6.07, 6.45) is 12.0. The Morgan fingerprint density at radius 3 is 2.17 bits per heavy atom. The molecule has 1 amide bonds. The maximum atomic E-state index is 12.3. The molecule has 0 aromatic heterocycles. The molecule has 0 radical (unpaired) electrons. The van der Waals surface area contributed by atoms with E-state index in [2.05, 4.69) is 12.2 Å². The van der Waals surface area contributed by atoms with E-state index in [0.29, 0.717) is 0 Å². The molecule has 1 atom stereocenters. The molecule has 1 aliphatic carbocycles. The Bertz CT molecular complexity index is 360. The second-order valence-electron chi connectivity index (χ2n) is 7.49. The van der Waals surface area contributed by atoms with Crippen molar-refractivity contribution < 1.29 is 14.7 Å². The molecule has 0 aromatic carbocycles. The van der Waals surface area contributed by atoms with Gasteiger partial charge in [0, 0.05) is 5.92 Å². The summed E-state index contributed by atoms with van der Waals surface area (Å²) in [5, 5.41) is 11.9. The van der Waals surface area contributed by atoms with Gasteiger partial charge in [-0.1, -0.05) is 59.3 Å². The highest BCUT2D eigenvalue weighted by molar-refractivity contribution is 5.85. The summed E-state index contributed by atoms with van der Waals surface area (Å²) in [7, 11) is 0. The number of carboxylic acids is 1. The first-order chi connectivity index (χ1) is 11.0. The maximum absolute atomic E-state index is 12.3. The molecule has 0 spiro atoms. The number of amides is 1. The maximum Gasteiger partial charge on any atom is 0.326 e. The zero-order valence-corrected chi connectivity index (χ0v) is 15.1. The summed E-state index contributed by atoms with van der Waals surface area (Å²) in [6, 6.07) is -0.765. The quantitative estimate of drug-likeness (QED) is 0.586. The Morgan fingerprint density at radius 2 is 1.65 bits per heavy atom. The monoisotopic (exact) mass is 325 g/mol. The molecule has 1 saturated carbocycles. The lowest BCUT2D eigenvalue weighted by molar-refractivity contribution is -0.144. The van der Waals surface area contributed by atoms with Gasteiger partial charge in [-0.3, -0.25) is 4.79 Å². The van der Waals surface area contributed by atoms with Crippen molar-refractivity contribution in [3.63, 3.8) is 0 Å². The van der Waals surface area contributed by atoms with Crippen LogP contribution in [0.5, 0.6) is 0 Å². The number of carbonyl (C=O) groups is 2. The number of hydrogen-bond acceptors (Lipinski definition) is 2. The predicted molar refractivity (Wildman–Crippen MR) is 93.2 cm³/mol. The zero-order valence-electron chi connectivity index (χ0n) is 15.1. The average molecular weight is 325 g/mol. The van der Waals surface area contributed by atoms with Gasteiger partial charge in [0.25, 0.3) is 0 Å². The van der Waals surface area contributed by atoms with Crippen molar-refractivity contribution in [3.8, 4) is 0 Å². The molecule has 0 heterocycles. The number of unbranched alkanes of at least 4 members (excludes halogenated alkanes) is 4. The molecule has 0 aromatic rings. The van der Waals surface area contributed by atoms with Crippen LogP contribution in [-0.4, -0.2) is 23.0 Å². The number of aliphatic carboxylic acids is 1. The van der Waals surface area contributed by atoms with Crippen molar-refractivity contribution >= 4 is 11.9 Å². The van der Waals surface area contributed by atoms with Crippen LogP contribution in [0.2, 0.25) is 0 Å². The fourth-order valence-electron chi connectivity index (χ4n) is 3.53. The van der Waals surface area contributed by atoms with Gasteiger partial charge in [-0.15, -0.1) is 0 Å². The summed E-state index contributed by atoms with van der Waals surface area (Å²) >= 11 is 0. The number of nitrogens with one attached hydrogen (secondary N) is 1. The van der Waals surface area contributed by atoms with E-state index in [4.69, 9.17) is 0 Å². The van der Waals surface area contributed by atoms with Gasteiger partial charge in [-0.05, 0) is 37.5 Å². The van der Waals surface area contributed by atoms with E-state index >= 15 is 0 Å². The molecule has 0 bridgehead atoms. The van der Waals surface area contributed by atoms with Crippen molar-refractivity contribution in [2.45, 2.75) is 91.0 Å². The van der Waals surface area contributed by atoms with Gasteiger partial charge in [0.1, 0.15) is 6.04 Å². The lowest BCUT2D eigenvalue weighted by Gasteiger charge is -2.29. The highest BCUT2D eigenvalue weighted by Gasteiger charge is 2.30. The Balaban J connectivity index is 2.27. The Labute approximate surface area is 141 Å². The first kappa shape index (κ1) is 20.0. The molecule has 2 N–H and O–H groups in total. The third-order valence-electron chi connectivity index (χ3n) is 5.16. The van der Waals surface area contributed by atoms with E-state index in [9.17, 15) is 14.7 Å². The van der Waals surface area contributed by atoms with Gasteiger partial charge >= 0.3 is 5.97 Å². The van der Waals surface area contributed by atoms with E-state index < -0.39 is 12.0 Å². The lowest BCUT2D eigenvalue weighted by Crippen LogP contribution is -2.47. The highest BCUT2D eigenvalue weighted by Crippen LogP contribution is 2.32. The minimum atomic E-state index is -0.936. The fourth-order valence-corrected chi connectivity index (χ4v) is 3.53. The first-order valence-corrected chi connectivity index (χ1v) is 9.48. The topological polar surface area (TPSA) is 66.4 Å². The second-order valence-corrected chi connectivity index (χ2v) is 7.49. The van der Waals surface area contributed by atoms with Crippen molar-refractivity contribution in [2.24, 2.45) is 17.8 Å². The third-order valence-corrected chi connectivity index (χ3v) is 5.16. The van der Waals surface area contributed by atoms with Crippen LogP contribution in [0.15, 0.2) is 0 Å². The molecule has 0 saturated heterocycles. The van der Waals surface area contributed by atoms with Crippen LogP contribution >= 0.6 is 0 Å². The summed E-state index contributed by atoms with van der Waals surface area (Å²) in [5.74, 6) is -0.314. The van der Waals surface area contributed by atoms with E-state index in [0.717, 1.165) is 31.6 Å². The molecule has 1 aliphatic rings. The molecule has 134 valence electrons. The van der Waals surface area contributed by atoms with Crippen molar-refractivity contribution in [1.29, 1.82) is 0 Å². The van der Waals surface area contributed by atoms with Gasteiger partial charge in [0.2, 0.25) is 5.91 Å². The van der Waals surface area contributed by atoms with Crippen molar-refractivity contribution in [1.82, 2.24) is 5.32 Å². The first-order valence-electron chi connectivity index (χ1n) is 9.48. The van der Waals surface area contributed by atoms with Crippen LogP contribution in [0.3, 0.4) is 0 Å². The Kier molecular flexibility index (Phi) is 9.27. The van der Waals surface area contributed by atoms with Crippen LogP contribution in [0.25, 0.3) is 0 Å². The van der Waals surface area contributed by atoms with E-state index in [1.165, 1.54) is 38.5 Å². The Morgan fingerprint density at radius 1 is 1.04 bits per heavy atom. The van der Waals surface area contributed by atoms with Crippen LogP contribution in [0.1, 0.15) is 85.0 Å². The largest absolute Gasteiger partial charge is 0.480 e. The zero-order chi connectivity index (χ0) is 17.2. The van der Waals surface area contributed by atoms with Gasteiger partial charge in [0.05, 0.1) is 0 Å². The second kappa shape index (κ2) is 10.7. The van der Waals surface area contributed by atoms with Gasteiger partial charge in [-0.25, -0.2) is 4.79 Å². The van der Waals surface area contributed by atoms with Gasteiger partial charge in [0.15, 0.2) is 0 Å². The number of carboxylic acid groups (broad SMARTS) is 1. The minimum absolute atomic E-state index is 0.00643. The lowest BCUT2D eigenvalue weighted by atomic mass is 9.79. The average Bonchev–Trinajstić information content (AvgIpc) is 2.52. The smallest absolute Gasteiger partial charge is 0.326 e. The van der Waals surface area contributed by atoms with E-state index in [1.807, 2.05) is 13.8 Å². The number of carbonyl (C=O) groups excluding carboxylic acids is 1. The van der Waals surface area contributed by atoms with Crippen LogP contribution in [0.4, 0.5) is 0 Å². The molecule has 23 heavy (non-hydrogen) atoms.